The van der Waals surface area contributed by atoms with Crippen molar-refractivity contribution in [1.29, 1.82) is 0 Å². The Balaban J connectivity index is 0.000000113. The van der Waals surface area contributed by atoms with Gasteiger partial charge in [-0.1, -0.05) is 188 Å². The minimum atomic E-state index is -0.344. The number of anilines is 2. The predicted molar refractivity (Wildman–Crippen MR) is 510 cm³/mol. The minimum absolute atomic E-state index is 0. The second kappa shape index (κ2) is 42.4. The van der Waals surface area contributed by atoms with Gasteiger partial charge in [0, 0.05) is 168 Å². The summed E-state index contributed by atoms with van der Waals surface area (Å²) in [7, 11) is 0. The van der Waals surface area contributed by atoms with Crippen LogP contribution >= 0.6 is 11.3 Å². The van der Waals surface area contributed by atoms with Crippen LogP contribution in [0.2, 0.25) is 0 Å². The summed E-state index contributed by atoms with van der Waals surface area (Å²) < 4.78 is 65.7. The van der Waals surface area contributed by atoms with E-state index in [1.165, 1.54) is 99.0 Å². The van der Waals surface area contributed by atoms with Crippen molar-refractivity contribution in [3.63, 3.8) is 0 Å². The fourth-order valence-electron chi connectivity index (χ4n) is 15.6. The summed E-state index contributed by atoms with van der Waals surface area (Å²) in [5, 5.41) is 2.77. The third-order valence-corrected chi connectivity index (χ3v) is 23.0. The van der Waals surface area contributed by atoms with Crippen molar-refractivity contribution in [2.24, 2.45) is 0 Å². The topological polar surface area (TPSA) is 86.5 Å². The SMILES string of the molecule is Cc1cc(-c2[c-]cccc2)ncc1-c1ccccc1.Cc1cc[n+]2c(n1)-c1ccccc1C2.[2H]c1c[n+]2c(c([2H])c1[2H])-c1c([2H])c([2H])c([2H])c([2H])c1C2.[Ir].[Ir].[c-]1ccccc1-c1ccccn1.[c-]1ccccc1N1C=CN(c2ccccc2)[CH-]1.c1cc[n+]2c(c1)-c1c(ccc3c1sc1ccccc13)C2.c1ccc(-c2ccc3c(c2)-c2cccc[n+]2C3)cc1.c1ccc(-c2ccccn2)nc1. The Bertz CT molecular complexity index is 7340. The van der Waals surface area contributed by atoms with Gasteiger partial charge in [0.15, 0.2) is 43.9 Å². The van der Waals surface area contributed by atoms with Crippen LogP contribution in [0, 0.1) is 38.7 Å². The Morgan fingerprint density at radius 1 is 0.367 bits per heavy atom. The molecular formula is C114H89Ir2N11S. The van der Waals surface area contributed by atoms with E-state index in [1.807, 2.05) is 212 Å². The van der Waals surface area contributed by atoms with E-state index in [0.29, 0.717) is 5.56 Å². The molecule has 20 aromatic rings. The fourth-order valence-corrected chi connectivity index (χ4v) is 16.9. The van der Waals surface area contributed by atoms with Gasteiger partial charge >= 0.3 is 5.82 Å². The maximum atomic E-state index is 7.97. The predicted octanol–water partition coefficient (Wildman–Crippen LogP) is 24.4. The Labute approximate surface area is 789 Å². The molecule has 25 rings (SSSR count). The molecule has 2 radical (unpaired) electrons. The first kappa shape index (κ1) is 78.2. The van der Waals surface area contributed by atoms with E-state index < -0.39 is 0 Å². The number of rotatable bonds is 7. The molecule has 0 bridgehead atoms. The number of benzene rings is 11. The first-order valence-corrected chi connectivity index (χ1v) is 42.5. The number of nitrogens with zero attached hydrogens (tertiary/aromatic N) is 11. The number of hydrogen-bond acceptors (Lipinski definition) is 8. The van der Waals surface area contributed by atoms with Gasteiger partial charge in [-0.15, -0.1) is 95.5 Å². The molecule has 0 atom stereocenters. The smallest absolute Gasteiger partial charge is 0.331 e. The number of thiophene rings is 1. The maximum Gasteiger partial charge on any atom is 0.331 e. The summed E-state index contributed by atoms with van der Waals surface area (Å²) in [5.74, 6) is 1.10. The average Bonchev–Trinajstić information content (AvgIpc) is 1.58. The van der Waals surface area contributed by atoms with Crippen LogP contribution in [0.25, 0.3) is 121 Å². The fraction of sp³-hybridized carbons (Fsp3) is 0.0526. The van der Waals surface area contributed by atoms with Gasteiger partial charge in [0.1, 0.15) is 6.54 Å². The van der Waals surface area contributed by atoms with Crippen LogP contribution in [-0.2, 0) is 66.4 Å². The molecule has 11 nitrogen and oxygen atoms in total. The second-order valence-corrected chi connectivity index (χ2v) is 31.1. The van der Waals surface area contributed by atoms with E-state index >= 15 is 0 Å². The number of fused-ring (bicyclic) bond motifs is 16. The minimum Gasteiger partial charge on any atom is -0.500 e. The molecule has 0 aliphatic carbocycles. The summed E-state index contributed by atoms with van der Waals surface area (Å²) in [6.07, 6.45) is 19.2. The van der Waals surface area contributed by atoms with E-state index in [0.717, 1.165) is 76.4 Å². The molecule has 5 aliphatic heterocycles. The molecule has 0 saturated carbocycles. The van der Waals surface area contributed by atoms with Gasteiger partial charge in [-0.3, -0.25) is 9.97 Å². The van der Waals surface area contributed by atoms with Gasteiger partial charge in [0.25, 0.3) is 0 Å². The van der Waals surface area contributed by atoms with E-state index in [2.05, 4.69) is 269 Å². The molecule has 0 spiro atoms. The summed E-state index contributed by atoms with van der Waals surface area (Å²) in [5.41, 5.74) is 27.2. The van der Waals surface area contributed by atoms with Crippen molar-refractivity contribution >= 4 is 42.9 Å². The molecule has 14 heterocycles. The molecule has 0 saturated heterocycles. The van der Waals surface area contributed by atoms with Crippen LogP contribution < -0.4 is 28.1 Å². The molecule has 5 aliphatic rings. The van der Waals surface area contributed by atoms with Crippen molar-refractivity contribution < 1.29 is 68.1 Å². The molecule has 0 amide bonds. The van der Waals surface area contributed by atoms with Crippen molar-refractivity contribution in [2.45, 2.75) is 40.0 Å². The average molecular weight is 2040 g/mol. The van der Waals surface area contributed by atoms with E-state index in [9.17, 15) is 0 Å². The number of aryl methyl sites for hydroxylation is 2. The summed E-state index contributed by atoms with van der Waals surface area (Å²) in [6.45, 7) is 9.33. The quantitative estimate of drug-likeness (QED) is 0.116. The Morgan fingerprint density at radius 3 is 1.62 bits per heavy atom. The van der Waals surface area contributed by atoms with Crippen molar-refractivity contribution in [2.75, 3.05) is 9.80 Å². The zero-order chi connectivity index (χ0) is 91.1. The van der Waals surface area contributed by atoms with E-state index in [4.69, 9.17) is 9.60 Å². The van der Waals surface area contributed by atoms with Gasteiger partial charge in [0.05, 0.1) is 49.4 Å². The molecular weight excluding hydrogens is 1940 g/mol. The molecule has 9 aromatic heterocycles. The number of aromatic nitrogens is 9. The molecule has 0 unspecified atom stereocenters. The van der Waals surface area contributed by atoms with E-state index in [1.54, 1.807) is 23.2 Å². The Hall–Kier alpha value is -14.6. The van der Waals surface area contributed by atoms with Gasteiger partial charge in [-0.25, -0.2) is 4.57 Å². The third-order valence-electron chi connectivity index (χ3n) is 21.8. The van der Waals surface area contributed by atoms with Crippen molar-refractivity contribution in [3.05, 3.63) is 508 Å². The Kier molecular flexibility index (Phi) is 25.9. The summed E-state index contributed by atoms with van der Waals surface area (Å²) >= 11 is 1.92. The van der Waals surface area contributed by atoms with Gasteiger partial charge in [0.2, 0.25) is 17.1 Å². The zero-order valence-electron chi connectivity index (χ0n) is 77.1. The van der Waals surface area contributed by atoms with E-state index in [-0.39, 0.29) is 100 Å². The van der Waals surface area contributed by atoms with Crippen LogP contribution in [0.5, 0.6) is 0 Å². The monoisotopic (exact) mass is 2040 g/mol. The van der Waals surface area contributed by atoms with Gasteiger partial charge < -0.3 is 19.8 Å². The van der Waals surface area contributed by atoms with Crippen LogP contribution in [-0.4, -0.2) is 24.9 Å². The molecule has 624 valence electrons. The van der Waals surface area contributed by atoms with Crippen LogP contribution in [0.1, 0.15) is 43.1 Å². The van der Waals surface area contributed by atoms with Crippen molar-refractivity contribution in [1.82, 2.24) is 24.9 Å². The standard InChI is InChI=1S/C18H12NS.2C18H14N.C15H12N2.C12H11N2.C12H10N.C11H8N.C10H8N2.2Ir/c1-2-7-16-13(5-1)14-9-8-12-11-19-10-4-3-6-15(19)17(12)18(14)20-16;1-2-6-14(7-3-1)15-9-10-16-13-19-11-5-4-8-18(19)17(16)12-15;1-14-12-18(16-10-6-3-7-11-16)19-13-17(14)15-8-4-2-5-9-15;1-3-7-14(8-4-1)16-11-12-17(13-16)15-9-5-2-6-10-15;1-9-6-7-14-8-10-4-2-3-5-11(10)12(14)13-9;1-2-6-11-10(5-1)9-13-8-4-3-7-12(11)13;1-2-6-10(7-3-1)11-8-4-5-9-12-11;1-3-7-11-9(5-1)10-6-2-4-8-12-10;;/h1-10H,11H2;1-12H,13H2;2-10,12-13H,1H3;1-9,11-13H;2-7H,8H2,1H3;1-8H,9H2;1-6,8-9H;1-8H;;/q2*+1;-1;-2;2*+1;-1;;;/i;;;;;1D,2D,3D,4D,5D,6D,7D;;;;. The van der Waals surface area contributed by atoms with Gasteiger partial charge in [-0.2, -0.15) is 44.0 Å². The summed E-state index contributed by atoms with van der Waals surface area (Å²) in [6, 6.07) is 126. The molecule has 0 N–H and O–H groups in total. The first-order valence-electron chi connectivity index (χ1n) is 45.2. The maximum absolute atomic E-state index is 7.97. The van der Waals surface area contributed by atoms with Gasteiger partial charge in [-0.05, 0) is 143 Å². The second-order valence-electron chi connectivity index (χ2n) is 30.0. The van der Waals surface area contributed by atoms with Crippen LogP contribution in [0.15, 0.2) is 450 Å². The molecule has 14 heteroatoms. The summed E-state index contributed by atoms with van der Waals surface area (Å²) in [4.78, 5) is 25.8. The molecule has 0 fully saturated rings. The largest absolute Gasteiger partial charge is 0.500 e. The Morgan fingerprint density at radius 2 is 0.930 bits per heavy atom. The zero-order valence-corrected chi connectivity index (χ0v) is 75.7. The number of hydrogen-bond donors (Lipinski definition) is 0. The first-order chi connectivity index (χ1) is 65.2. The normalized spacial score (nSPS) is 12.4. The van der Waals surface area contributed by atoms with Crippen LogP contribution in [0.4, 0.5) is 11.4 Å². The number of para-hydroxylation sites is 2. The number of pyridine rings is 7. The van der Waals surface area contributed by atoms with Crippen molar-refractivity contribution in [3.8, 4) is 101 Å². The third kappa shape index (κ3) is 20.7. The molecule has 11 aromatic carbocycles. The van der Waals surface area contributed by atoms with Crippen LogP contribution in [0.3, 0.4) is 0 Å². The molecule has 128 heavy (non-hydrogen) atoms.